The molecule has 0 saturated carbocycles. The molecule has 2 heterocycles. The molecule has 3 unspecified atom stereocenters. The number of hydrogen-bond donors (Lipinski definition) is 1. The van der Waals surface area contributed by atoms with Gasteiger partial charge in [-0.05, 0) is 33.2 Å². The van der Waals surface area contributed by atoms with Crippen LogP contribution in [-0.2, 0) is 9.53 Å². The van der Waals surface area contributed by atoms with E-state index >= 15 is 0 Å². The van der Waals surface area contributed by atoms with E-state index in [2.05, 4.69) is 29.0 Å². The summed E-state index contributed by atoms with van der Waals surface area (Å²) in [6.07, 6.45) is 3.39. The van der Waals surface area contributed by atoms with Crippen molar-refractivity contribution in [1.82, 2.24) is 9.80 Å². The first-order valence-electron chi connectivity index (χ1n) is 11.1. The zero-order valence-electron chi connectivity index (χ0n) is 19.5. The van der Waals surface area contributed by atoms with Crippen LogP contribution in [0.15, 0.2) is 12.1 Å². The average molecular weight is 436 g/mol. The van der Waals surface area contributed by atoms with E-state index < -0.39 is 0 Å². The molecule has 2 saturated heterocycles. The Morgan fingerprint density at radius 2 is 1.74 bits per heavy atom. The quantitative estimate of drug-likeness (QED) is 0.639. The van der Waals surface area contributed by atoms with Gasteiger partial charge in [-0.25, -0.2) is 0 Å². The number of morpholine rings is 1. The first-order valence-corrected chi connectivity index (χ1v) is 11.1. The lowest BCUT2D eigenvalue weighted by molar-refractivity contribution is -0.116. The lowest BCUT2D eigenvalue weighted by Crippen LogP contribution is -2.50. The molecule has 0 radical (unpaired) electrons. The smallest absolute Gasteiger partial charge is 0.225 e. The van der Waals surface area contributed by atoms with Crippen LogP contribution >= 0.6 is 0 Å². The summed E-state index contributed by atoms with van der Waals surface area (Å²) in [6, 6.07) is 4.00. The van der Waals surface area contributed by atoms with Crippen LogP contribution in [0.2, 0.25) is 0 Å². The lowest BCUT2D eigenvalue weighted by atomic mass is 10.1. The molecular formula is C23H37N3O5. The summed E-state index contributed by atoms with van der Waals surface area (Å²) in [5.74, 6) is 1.53. The highest BCUT2D eigenvalue weighted by Gasteiger charge is 2.30. The summed E-state index contributed by atoms with van der Waals surface area (Å²) in [6.45, 7) is 9.11. The van der Waals surface area contributed by atoms with Gasteiger partial charge in [-0.3, -0.25) is 14.6 Å². The van der Waals surface area contributed by atoms with E-state index in [1.54, 1.807) is 33.5 Å². The van der Waals surface area contributed by atoms with Gasteiger partial charge in [-0.2, -0.15) is 0 Å². The third-order valence-corrected chi connectivity index (χ3v) is 6.04. The van der Waals surface area contributed by atoms with Gasteiger partial charge in [0.05, 0.1) is 33.5 Å². The highest BCUT2D eigenvalue weighted by atomic mass is 16.5. The molecule has 0 bridgehead atoms. The van der Waals surface area contributed by atoms with Crippen molar-refractivity contribution in [1.29, 1.82) is 0 Å². The van der Waals surface area contributed by atoms with Crippen molar-refractivity contribution >= 4 is 11.6 Å². The van der Waals surface area contributed by atoms with Gasteiger partial charge in [0.1, 0.15) is 0 Å². The zero-order chi connectivity index (χ0) is 22.4. The van der Waals surface area contributed by atoms with Crippen LogP contribution in [0.1, 0.15) is 33.1 Å². The third-order valence-electron chi connectivity index (χ3n) is 6.04. The molecule has 1 aromatic rings. The van der Waals surface area contributed by atoms with Crippen LogP contribution in [-0.4, -0.2) is 88.0 Å². The van der Waals surface area contributed by atoms with Gasteiger partial charge in [0.25, 0.3) is 0 Å². The molecule has 3 atom stereocenters. The van der Waals surface area contributed by atoms with Crippen LogP contribution in [0, 0.1) is 0 Å². The maximum absolute atomic E-state index is 12.6. The summed E-state index contributed by atoms with van der Waals surface area (Å²) in [5, 5.41) is 2.97. The van der Waals surface area contributed by atoms with Crippen molar-refractivity contribution < 1.29 is 23.7 Å². The summed E-state index contributed by atoms with van der Waals surface area (Å²) in [7, 11) is 4.68. The monoisotopic (exact) mass is 435 g/mol. The molecule has 1 amide bonds. The Morgan fingerprint density at radius 1 is 1.10 bits per heavy atom. The fourth-order valence-electron chi connectivity index (χ4n) is 4.75. The van der Waals surface area contributed by atoms with Crippen LogP contribution in [0.4, 0.5) is 5.69 Å². The number of nitrogens with one attached hydrogen (secondary N) is 1. The summed E-state index contributed by atoms with van der Waals surface area (Å²) >= 11 is 0. The Bertz CT molecular complexity index is 709. The van der Waals surface area contributed by atoms with Gasteiger partial charge >= 0.3 is 0 Å². The Kier molecular flexibility index (Phi) is 8.40. The van der Waals surface area contributed by atoms with Crippen LogP contribution in [0.5, 0.6) is 17.2 Å². The van der Waals surface area contributed by atoms with Crippen molar-refractivity contribution in [2.75, 3.05) is 59.4 Å². The molecule has 2 aliphatic heterocycles. The second-order valence-corrected chi connectivity index (χ2v) is 8.52. The van der Waals surface area contributed by atoms with Crippen LogP contribution in [0.25, 0.3) is 0 Å². The number of rotatable bonds is 9. The number of ether oxygens (including phenoxy) is 4. The maximum atomic E-state index is 12.6. The molecule has 0 spiro atoms. The molecule has 8 heteroatoms. The van der Waals surface area contributed by atoms with Crippen molar-refractivity contribution in [3.8, 4) is 17.2 Å². The van der Waals surface area contributed by atoms with E-state index in [1.165, 1.54) is 12.8 Å². The van der Waals surface area contributed by atoms with Crippen molar-refractivity contribution in [3.05, 3.63) is 12.1 Å². The van der Waals surface area contributed by atoms with Crippen molar-refractivity contribution in [2.45, 2.75) is 51.4 Å². The summed E-state index contributed by atoms with van der Waals surface area (Å²) < 4.78 is 21.9. The van der Waals surface area contributed by atoms with Gasteiger partial charge in [0.15, 0.2) is 11.5 Å². The number of methoxy groups -OCH3 is 3. The number of likely N-dealkylation sites (tertiary alicyclic amines) is 1. The Morgan fingerprint density at radius 3 is 2.32 bits per heavy atom. The molecule has 3 rings (SSSR count). The Balaban J connectivity index is 1.53. The minimum Gasteiger partial charge on any atom is -0.493 e. The topological polar surface area (TPSA) is 72.5 Å². The first-order chi connectivity index (χ1) is 14.9. The number of nitrogens with zero attached hydrogens (tertiary/aromatic N) is 2. The molecule has 174 valence electrons. The van der Waals surface area contributed by atoms with Gasteiger partial charge in [-0.1, -0.05) is 0 Å². The summed E-state index contributed by atoms with van der Waals surface area (Å²) in [5.41, 5.74) is 0.633. The van der Waals surface area contributed by atoms with Gasteiger partial charge in [-0.15, -0.1) is 0 Å². The van der Waals surface area contributed by atoms with Gasteiger partial charge in [0.2, 0.25) is 11.7 Å². The largest absolute Gasteiger partial charge is 0.493 e. The Labute approximate surface area is 185 Å². The van der Waals surface area contributed by atoms with E-state index in [4.69, 9.17) is 18.9 Å². The average Bonchev–Trinajstić information content (AvgIpc) is 3.17. The molecule has 8 nitrogen and oxygen atoms in total. The molecule has 0 aliphatic carbocycles. The standard InChI is InChI=1S/C23H37N3O5/c1-16-13-25(14-17(2)31-16)15-19-7-6-9-26(19)10-8-22(27)24-18-11-20(28-3)23(30-5)21(12-18)29-4/h11-12,16-17,19H,6-10,13-15H2,1-5H3,(H,24,27). The number of amides is 1. The fourth-order valence-corrected chi connectivity index (χ4v) is 4.75. The second kappa shape index (κ2) is 11.0. The number of benzene rings is 1. The lowest BCUT2D eigenvalue weighted by Gasteiger charge is -2.38. The van der Waals surface area contributed by atoms with Crippen molar-refractivity contribution in [3.63, 3.8) is 0 Å². The Hall–Kier alpha value is -2.03. The highest BCUT2D eigenvalue weighted by Crippen LogP contribution is 2.39. The molecular weight excluding hydrogens is 398 g/mol. The number of hydrogen-bond acceptors (Lipinski definition) is 7. The SMILES string of the molecule is COc1cc(NC(=O)CCN2CCCC2CN2CC(C)OC(C)C2)cc(OC)c1OC. The predicted octanol–water partition coefficient (Wildman–Crippen LogP) is 2.61. The van der Waals surface area contributed by atoms with E-state index in [0.29, 0.717) is 35.4 Å². The fraction of sp³-hybridized carbons (Fsp3) is 0.696. The second-order valence-electron chi connectivity index (χ2n) is 8.52. The first kappa shape index (κ1) is 23.6. The molecule has 31 heavy (non-hydrogen) atoms. The van der Waals surface area contributed by atoms with E-state index in [9.17, 15) is 4.79 Å². The van der Waals surface area contributed by atoms with E-state index in [1.807, 2.05) is 0 Å². The number of carbonyl (C=O) groups excluding carboxylic acids is 1. The minimum atomic E-state index is -0.0199. The van der Waals surface area contributed by atoms with E-state index in [0.717, 1.165) is 32.7 Å². The van der Waals surface area contributed by atoms with E-state index in [-0.39, 0.29) is 18.1 Å². The minimum absolute atomic E-state index is 0.0199. The molecule has 1 N–H and O–H groups in total. The zero-order valence-corrected chi connectivity index (χ0v) is 19.5. The maximum Gasteiger partial charge on any atom is 0.225 e. The third kappa shape index (κ3) is 6.24. The molecule has 2 aliphatic rings. The number of anilines is 1. The molecule has 1 aromatic carbocycles. The van der Waals surface area contributed by atoms with Gasteiger partial charge in [0, 0.05) is 56.5 Å². The van der Waals surface area contributed by atoms with Crippen LogP contribution < -0.4 is 19.5 Å². The van der Waals surface area contributed by atoms with Crippen molar-refractivity contribution in [2.24, 2.45) is 0 Å². The normalized spacial score (nSPS) is 24.7. The molecule has 0 aromatic heterocycles. The predicted molar refractivity (Wildman–Crippen MR) is 120 cm³/mol. The van der Waals surface area contributed by atoms with Crippen LogP contribution in [0.3, 0.4) is 0 Å². The highest BCUT2D eigenvalue weighted by molar-refractivity contribution is 5.91. The molecule has 2 fully saturated rings. The van der Waals surface area contributed by atoms with Gasteiger partial charge < -0.3 is 24.3 Å². The number of carbonyl (C=O) groups is 1. The summed E-state index contributed by atoms with van der Waals surface area (Å²) in [4.78, 5) is 17.6.